The van der Waals surface area contributed by atoms with Gasteiger partial charge in [0.1, 0.15) is 22.8 Å². The highest BCUT2D eigenvalue weighted by Crippen LogP contribution is 2.40. The fourth-order valence-electron chi connectivity index (χ4n) is 15.3. The zero-order valence-corrected chi connectivity index (χ0v) is 65.6. The van der Waals surface area contributed by atoms with Crippen LogP contribution in [0.3, 0.4) is 0 Å². The molecule has 1 aliphatic carbocycles. The number of aryl methyl sites for hydroxylation is 1. The number of amides is 5. The second kappa shape index (κ2) is 35.7. The summed E-state index contributed by atoms with van der Waals surface area (Å²) >= 11 is 9.05. The van der Waals surface area contributed by atoms with Gasteiger partial charge in [0.05, 0.1) is 38.8 Å². The molecular weight excluding hydrogens is 1490 g/mol. The van der Waals surface area contributed by atoms with Gasteiger partial charge in [0.25, 0.3) is 25.8 Å². The van der Waals surface area contributed by atoms with Crippen molar-refractivity contribution in [3.8, 4) is 10.4 Å². The molecule has 5 heterocycles. The predicted octanol–water partition coefficient (Wildman–Crippen LogP) is 12.9. The van der Waals surface area contributed by atoms with Crippen LogP contribution in [0.5, 0.6) is 0 Å². The summed E-state index contributed by atoms with van der Waals surface area (Å²) in [4.78, 5) is 82.8. The van der Waals surface area contributed by atoms with Gasteiger partial charge in [0.15, 0.2) is 0 Å². The predicted molar refractivity (Wildman–Crippen MR) is 414 cm³/mol. The normalized spacial score (nSPS) is 19.9. The number of thiazole rings is 1. The lowest BCUT2D eigenvalue weighted by Gasteiger charge is -2.37. The van der Waals surface area contributed by atoms with Gasteiger partial charge < -0.3 is 40.7 Å². The fraction of sp³-hybridized carbons (Fsp3) is 0.494. The number of carbonyl (C=O) groups excluding carboxylic acids is 5. The molecule has 7 atom stereocenters. The molecule has 108 heavy (non-hydrogen) atoms. The molecule has 1 aromatic heterocycles. The number of aliphatic hydroxyl groups excluding tert-OH is 1. The minimum Gasteiger partial charge on any atom is -0.391 e. The van der Waals surface area contributed by atoms with Crippen LogP contribution in [-0.4, -0.2) is 184 Å². The van der Waals surface area contributed by atoms with E-state index in [1.165, 1.54) is 40.4 Å². The summed E-state index contributed by atoms with van der Waals surface area (Å²) in [7, 11) is -11.1. The number of anilines is 2. The van der Waals surface area contributed by atoms with Crippen molar-refractivity contribution in [1.82, 2.24) is 39.9 Å². The number of fused-ring (bicyclic) bond motifs is 1. The second-order valence-corrected chi connectivity index (χ2v) is 36.2. The SMILES string of the molecule is Cc1ncsc1-c1ccc([C@H](C)NC(=O)C2CC(O)CN2C(=O)[C@@H](NC(=O)CCCCCCC(=O)N2CC3CN(CC[C@H](CSc4ccccc4)Nc4ccc(S(=O)(=O)NC(=O)c5ccc(N6CCN(CC7=C(c8ccc(Cl)cc8F)CCCCC7)CC6)cc5)cc4S(=O)(=O)C(F)(F)F)CC3C2)C(C)(C)C)cc1. The average Bonchev–Trinajstić information content (AvgIpc) is 0.965. The van der Waals surface area contributed by atoms with E-state index >= 15 is 4.39 Å². The number of carbonyl (C=O) groups is 5. The van der Waals surface area contributed by atoms with Crippen LogP contribution in [-0.2, 0) is 39.0 Å². The quantitative estimate of drug-likeness (QED) is 0.0166. The summed E-state index contributed by atoms with van der Waals surface area (Å²) < 4.78 is 116. The molecule has 4 fully saturated rings. The molecule has 20 nitrogen and oxygen atoms in total. The number of nitrogens with zero attached hydrogens (tertiary/aromatic N) is 6. The first kappa shape index (κ1) is 81.5. The number of aromatic nitrogens is 1. The Kier molecular flexibility index (Phi) is 27.0. The van der Waals surface area contributed by atoms with Crippen molar-refractivity contribution < 1.29 is 63.5 Å². The Balaban J connectivity index is 0.633. The van der Waals surface area contributed by atoms with Crippen LogP contribution in [0.1, 0.15) is 144 Å². The minimum atomic E-state index is -6.18. The second-order valence-electron chi connectivity index (χ2n) is 30.2. The topological polar surface area (TPSA) is 251 Å². The van der Waals surface area contributed by atoms with Crippen molar-refractivity contribution in [3.63, 3.8) is 0 Å². The van der Waals surface area contributed by atoms with E-state index in [1.807, 2.05) is 98.8 Å². The van der Waals surface area contributed by atoms with Gasteiger partial charge >= 0.3 is 5.51 Å². The van der Waals surface area contributed by atoms with Crippen molar-refractivity contribution in [1.29, 1.82) is 0 Å². The molecule has 0 bridgehead atoms. The van der Waals surface area contributed by atoms with Gasteiger partial charge in [-0.25, -0.2) is 30.9 Å². The number of halogens is 5. The molecule has 4 unspecified atom stereocenters. The number of hydrogen-bond acceptors (Lipinski definition) is 17. The molecular formula is C79H97ClF4N10O10S4. The van der Waals surface area contributed by atoms with E-state index < -0.39 is 88.2 Å². The maximum absolute atomic E-state index is 15.1. The molecule has 6 aromatic rings. The van der Waals surface area contributed by atoms with Gasteiger partial charge in [-0.3, -0.25) is 28.9 Å². The number of thioether (sulfide) groups is 1. The van der Waals surface area contributed by atoms with E-state index in [-0.39, 0.29) is 66.2 Å². The highest BCUT2D eigenvalue weighted by molar-refractivity contribution is 7.99. The smallest absolute Gasteiger partial charge is 0.391 e. The average molecular weight is 1590 g/mol. The number of piperazine rings is 1. The van der Waals surface area contributed by atoms with Gasteiger partial charge in [-0.15, -0.1) is 23.1 Å². The summed E-state index contributed by atoms with van der Waals surface area (Å²) in [6, 6.07) is 27.6. The molecule has 0 radical (unpaired) electrons. The van der Waals surface area contributed by atoms with Crippen molar-refractivity contribution in [3.05, 3.63) is 160 Å². The van der Waals surface area contributed by atoms with Gasteiger partial charge in [-0.2, -0.15) is 13.2 Å². The number of sulfonamides is 1. The number of likely N-dealkylation sites (tertiary alicyclic amines) is 3. The molecule has 582 valence electrons. The number of sulfone groups is 1. The lowest BCUT2D eigenvalue weighted by Crippen LogP contribution is -2.57. The molecule has 29 heteroatoms. The summed E-state index contributed by atoms with van der Waals surface area (Å²) in [6.07, 6.45) is 7.23. The zero-order chi connectivity index (χ0) is 77.2. The molecule has 4 saturated heterocycles. The number of unbranched alkanes of at least 4 members (excludes halogenated alkanes) is 3. The summed E-state index contributed by atoms with van der Waals surface area (Å²) in [5.74, 6) is -1.89. The van der Waals surface area contributed by atoms with Crippen molar-refractivity contribution >= 4 is 101 Å². The number of benzene rings is 5. The molecule has 0 spiro atoms. The highest BCUT2D eigenvalue weighted by Gasteiger charge is 2.49. The number of alkyl halides is 3. The van der Waals surface area contributed by atoms with Crippen LogP contribution < -0.4 is 25.6 Å². The fourth-order valence-corrected chi connectivity index (χ4v) is 19.3. The molecule has 5 aromatic carbocycles. The Morgan fingerprint density at radius 3 is 2.11 bits per heavy atom. The van der Waals surface area contributed by atoms with Gasteiger partial charge in [-0.05, 0) is 159 Å². The number of aliphatic hydroxyl groups is 1. The van der Waals surface area contributed by atoms with Crippen molar-refractivity contribution in [2.45, 2.75) is 169 Å². The summed E-state index contributed by atoms with van der Waals surface area (Å²) in [6.45, 7) is 15.6. The molecule has 5 N–H and O–H groups in total. The van der Waals surface area contributed by atoms with E-state index in [2.05, 4.69) is 35.6 Å². The Morgan fingerprint density at radius 1 is 0.769 bits per heavy atom. The third kappa shape index (κ3) is 20.6. The van der Waals surface area contributed by atoms with Crippen LogP contribution in [0.15, 0.2) is 141 Å². The van der Waals surface area contributed by atoms with Gasteiger partial charge in [-0.1, -0.05) is 106 Å². The molecule has 11 rings (SSSR count). The van der Waals surface area contributed by atoms with Crippen molar-refractivity contribution in [2.24, 2.45) is 17.3 Å². The highest BCUT2D eigenvalue weighted by atomic mass is 35.5. The Hall–Kier alpha value is -7.44. The largest absolute Gasteiger partial charge is 0.501 e. The number of rotatable bonds is 29. The molecule has 0 saturated carbocycles. The molecule has 5 aliphatic rings. The van der Waals surface area contributed by atoms with E-state index in [0.29, 0.717) is 121 Å². The number of nitrogens with one attached hydrogen (secondary N) is 4. The van der Waals surface area contributed by atoms with Crippen LogP contribution in [0.25, 0.3) is 16.0 Å². The molecule has 4 aliphatic heterocycles. The number of hydrogen-bond donors (Lipinski definition) is 5. The third-order valence-electron chi connectivity index (χ3n) is 21.3. The van der Waals surface area contributed by atoms with Crippen molar-refractivity contribution in [2.75, 3.05) is 88.0 Å². The van der Waals surface area contributed by atoms with Crippen LogP contribution in [0.4, 0.5) is 28.9 Å². The van der Waals surface area contributed by atoms with E-state index in [1.54, 1.807) is 41.1 Å². The maximum Gasteiger partial charge on any atom is 0.501 e. The van der Waals surface area contributed by atoms with E-state index in [9.17, 15) is 59.1 Å². The number of β-amino-alcohol motifs (C(OH)–C–C–N with tert-alkyl or cyclic N) is 1. The van der Waals surface area contributed by atoms with E-state index in [4.69, 9.17) is 11.6 Å². The lowest BCUT2D eigenvalue weighted by atomic mass is 9.85. The Labute approximate surface area is 644 Å². The van der Waals surface area contributed by atoms with Crippen LogP contribution in [0.2, 0.25) is 5.02 Å². The lowest BCUT2D eigenvalue weighted by molar-refractivity contribution is -0.144. The first-order valence-corrected chi connectivity index (χ1v) is 42.4. The van der Waals surface area contributed by atoms with Gasteiger partial charge in [0, 0.05) is 130 Å². The third-order valence-corrected chi connectivity index (χ3v) is 26.6. The van der Waals surface area contributed by atoms with Crippen LogP contribution >= 0.6 is 34.7 Å². The minimum absolute atomic E-state index is 0.0378. The maximum atomic E-state index is 15.1. The monoisotopic (exact) mass is 1580 g/mol. The standard InChI is InChI=1S/C79H97ClF4N10O10S4/c1-51(53-22-24-54(25-23-53)73-52(2)85-50-106-73)86-76(99)69-41-62(95)48-94(69)77(100)74(78(3,4)5)88-71(96)20-14-6-7-15-21-72(97)93-46-57-44-91(45-58(57)47-93)35-34-60(49-105-63-17-11-9-12-18-63)87-68-33-31-64(42-70(68)107(101,102)79(82,83)84)108(103,104)89-75(98)55-26-29-61(30-27-55)92-38-36-90(37-39-92)43-56-16-10-8-13-19-65(56)66-32-28-59(80)40-67(66)81/h9,11-12,17-18,22-33,40,42,50-51,57-58,60,62,69,74,87,95H,6-8,10,13-16,19-21,34-39,41,43-49H2,1-5H3,(H,86,99)(H,88,96)(H,89,98)/t51-,57?,58?,60+,62?,69?,74+/m0/s1. The summed E-state index contributed by atoms with van der Waals surface area (Å²) in [5.41, 5.74) is 1.19. The Morgan fingerprint density at radius 2 is 1.45 bits per heavy atom. The van der Waals surface area contributed by atoms with Gasteiger partial charge in [0.2, 0.25) is 23.6 Å². The summed E-state index contributed by atoms with van der Waals surface area (Å²) in [5, 5.41) is 20.1. The van der Waals surface area contributed by atoms with Crippen LogP contribution in [0, 0.1) is 30.0 Å². The first-order chi connectivity index (χ1) is 51.4. The first-order valence-electron chi connectivity index (χ1n) is 37.2. The Bertz CT molecular complexity index is 4430. The number of allylic oxidation sites excluding steroid dienone is 1. The zero-order valence-electron chi connectivity index (χ0n) is 61.6. The molecule has 5 amide bonds. The van der Waals surface area contributed by atoms with E-state index in [0.717, 1.165) is 82.1 Å².